The van der Waals surface area contributed by atoms with E-state index in [1.165, 1.54) is 0 Å². The van der Waals surface area contributed by atoms with E-state index in [1.54, 1.807) is 29.3 Å². The molecule has 0 spiro atoms. The fourth-order valence-corrected chi connectivity index (χ4v) is 5.60. The van der Waals surface area contributed by atoms with Crippen LogP contribution in [0.3, 0.4) is 0 Å². The summed E-state index contributed by atoms with van der Waals surface area (Å²) < 4.78 is 17.9. The van der Waals surface area contributed by atoms with Crippen LogP contribution in [-0.2, 0) is 37.8 Å². The molecule has 0 saturated carbocycles. The molecule has 0 saturated heterocycles. The fraction of sp³-hybridized carbons (Fsp3) is 0.407. The number of aromatic nitrogens is 2. The van der Waals surface area contributed by atoms with E-state index in [0.29, 0.717) is 34.8 Å². The highest BCUT2D eigenvalue weighted by Crippen LogP contribution is 2.41. The summed E-state index contributed by atoms with van der Waals surface area (Å²) in [4.78, 5) is 44.1. The van der Waals surface area contributed by atoms with E-state index in [2.05, 4.69) is 13.0 Å². The summed E-state index contributed by atoms with van der Waals surface area (Å²) in [6, 6.07) is 9.74. The molecule has 0 N–H and O–H groups in total. The van der Waals surface area contributed by atoms with Crippen LogP contribution in [0, 0.1) is 6.92 Å². The van der Waals surface area contributed by atoms with Crippen molar-refractivity contribution in [3.05, 3.63) is 62.9 Å². The predicted octanol–water partition coefficient (Wildman–Crippen LogP) is 4.69. The molecule has 0 aliphatic carbocycles. The highest BCUT2D eigenvalue weighted by molar-refractivity contribution is 7.99. The number of esters is 1. The van der Waals surface area contributed by atoms with Crippen molar-refractivity contribution in [1.82, 2.24) is 9.55 Å². The minimum Gasteiger partial charge on any atom is -0.457 e. The number of pyridine rings is 2. The lowest BCUT2D eigenvalue weighted by Gasteiger charge is -2.35. The Morgan fingerprint density at radius 1 is 1.22 bits per heavy atom. The van der Waals surface area contributed by atoms with E-state index in [9.17, 15) is 14.4 Å². The lowest BCUT2D eigenvalue weighted by atomic mass is 9.85. The molecule has 0 amide bonds. The molecule has 188 valence electrons. The number of hydrogen-bond acceptors (Lipinski definition) is 8. The second-order valence-corrected chi connectivity index (χ2v) is 10.2. The van der Waals surface area contributed by atoms with E-state index in [0.717, 1.165) is 34.2 Å². The molecule has 4 heterocycles. The van der Waals surface area contributed by atoms with Crippen molar-refractivity contribution in [3.8, 4) is 11.4 Å². The van der Waals surface area contributed by atoms with Gasteiger partial charge in [0.1, 0.15) is 13.2 Å². The topological polar surface area (TPSA) is 96.7 Å². The molecule has 0 fully saturated rings. The molecule has 8 nitrogen and oxygen atoms in total. The molecule has 0 bridgehead atoms. The molecule has 1 aromatic carbocycles. The number of fused-ring (bicyclic) bond motifs is 5. The van der Waals surface area contributed by atoms with Crippen molar-refractivity contribution in [2.24, 2.45) is 0 Å². The molecule has 36 heavy (non-hydrogen) atoms. The molecular formula is C27H28N2O6S. The number of cyclic esters (lactones) is 1. The van der Waals surface area contributed by atoms with Crippen molar-refractivity contribution in [2.45, 2.75) is 52.4 Å². The molecule has 9 heteroatoms. The minimum atomic E-state index is -1.76. The average Bonchev–Trinajstić information content (AvgIpc) is 3.23. The number of carbonyl (C=O) groups excluding carboxylic acids is 2. The SMILES string of the molecule is CCCSCCOC(=O)O[C@]1(CC)C(=O)OCc2c1cc1n(c2=O)Cc2cc3c(C)cccc3nc2-1. The maximum atomic E-state index is 13.6. The zero-order chi connectivity index (χ0) is 25.4. The van der Waals surface area contributed by atoms with E-state index in [-0.39, 0.29) is 25.2 Å². The van der Waals surface area contributed by atoms with Crippen LogP contribution in [-0.4, -0.2) is 39.8 Å². The number of benzene rings is 1. The average molecular weight is 509 g/mol. The van der Waals surface area contributed by atoms with Crippen LogP contribution in [0.15, 0.2) is 35.1 Å². The van der Waals surface area contributed by atoms with Crippen molar-refractivity contribution >= 4 is 34.8 Å². The van der Waals surface area contributed by atoms with E-state index < -0.39 is 17.7 Å². The highest BCUT2D eigenvalue weighted by atomic mass is 32.2. The fourth-order valence-electron chi connectivity index (χ4n) is 4.91. The van der Waals surface area contributed by atoms with Gasteiger partial charge in [-0.2, -0.15) is 11.8 Å². The van der Waals surface area contributed by atoms with Gasteiger partial charge in [0.2, 0.25) is 5.60 Å². The number of hydrogen-bond donors (Lipinski definition) is 0. The van der Waals surface area contributed by atoms with Crippen molar-refractivity contribution in [2.75, 3.05) is 18.1 Å². The summed E-state index contributed by atoms with van der Waals surface area (Å²) >= 11 is 1.67. The maximum Gasteiger partial charge on any atom is 0.509 e. The van der Waals surface area contributed by atoms with Gasteiger partial charge in [-0.25, -0.2) is 14.6 Å². The Morgan fingerprint density at radius 2 is 2.06 bits per heavy atom. The second-order valence-electron chi connectivity index (χ2n) is 9.02. The number of ether oxygens (including phenoxy) is 3. The van der Waals surface area contributed by atoms with Gasteiger partial charge in [-0.15, -0.1) is 0 Å². The van der Waals surface area contributed by atoms with Crippen LogP contribution in [0.4, 0.5) is 4.79 Å². The zero-order valence-electron chi connectivity index (χ0n) is 20.6. The van der Waals surface area contributed by atoms with Gasteiger partial charge in [0, 0.05) is 22.3 Å². The maximum absolute atomic E-state index is 13.6. The van der Waals surface area contributed by atoms with Gasteiger partial charge in [0.05, 0.1) is 29.0 Å². The highest BCUT2D eigenvalue weighted by Gasteiger charge is 2.51. The molecule has 3 aromatic rings. The number of rotatable bonds is 7. The number of nitrogens with zero attached hydrogens (tertiary/aromatic N) is 2. The smallest absolute Gasteiger partial charge is 0.457 e. The Kier molecular flexibility index (Phi) is 6.51. The van der Waals surface area contributed by atoms with Gasteiger partial charge >= 0.3 is 12.1 Å². The summed E-state index contributed by atoms with van der Waals surface area (Å²) in [6.07, 6.45) is 0.169. The Labute approximate surface area is 213 Å². The van der Waals surface area contributed by atoms with Crippen molar-refractivity contribution in [3.63, 3.8) is 0 Å². The first kappa shape index (κ1) is 24.4. The monoisotopic (exact) mass is 508 g/mol. The number of aryl methyl sites for hydroxylation is 1. The van der Waals surface area contributed by atoms with Crippen molar-refractivity contribution < 1.29 is 23.8 Å². The first-order valence-corrected chi connectivity index (χ1v) is 13.3. The zero-order valence-corrected chi connectivity index (χ0v) is 21.4. The van der Waals surface area contributed by atoms with Gasteiger partial charge in [0.25, 0.3) is 5.56 Å². The second kappa shape index (κ2) is 9.61. The van der Waals surface area contributed by atoms with E-state index >= 15 is 0 Å². The summed E-state index contributed by atoms with van der Waals surface area (Å²) in [6.45, 7) is 6.19. The molecule has 0 unspecified atom stereocenters. The molecule has 5 rings (SSSR count). The van der Waals surface area contributed by atoms with Crippen LogP contribution in [0.1, 0.15) is 48.9 Å². The Balaban J connectivity index is 1.55. The molecular weight excluding hydrogens is 480 g/mol. The van der Waals surface area contributed by atoms with Gasteiger partial charge in [0.15, 0.2) is 0 Å². The Hall–Kier alpha value is -3.33. The van der Waals surface area contributed by atoms with Crippen LogP contribution in [0.2, 0.25) is 0 Å². The quantitative estimate of drug-likeness (QED) is 0.262. The van der Waals surface area contributed by atoms with Gasteiger partial charge in [-0.3, -0.25) is 4.79 Å². The Morgan fingerprint density at radius 3 is 2.83 bits per heavy atom. The normalized spacial score (nSPS) is 17.8. The molecule has 2 aliphatic rings. The summed E-state index contributed by atoms with van der Waals surface area (Å²) in [7, 11) is 0. The molecule has 2 aromatic heterocycles. The van der Waals surface area contributed by atoms with Gasteiger partial charge in [-0.05, 0) is 49.3 Å². The largest absolute Gasteiger partial charge is 0.509 e. The lowest BCUT2D eigenvalue weighted by Crippen LogP contribution is -2.47. The molecule has 2 aliphatic heterocycles. The standard InChI is InChI=1S/C27H28N2O6S/c1-4-10-36-11-9-33-26(32)35-27(5-2)20-13-22-23-17(12-18-16(3)7-6-8-21(18)28-23)14-29(22)24(30)19(20)15-34-25(27)31/h6-8,12-13H,4-5,9-11,14-15H2,1-3H3/t27-/m0/s1. The van der Waals surface area contributed by atoms with Crippen LogP contribution in [0.5, 0.6) is 0 Å². The third-order valence-corrected chi connectivity index (χ3v) is 7.94. The van der Waals surface area contributed by atoms with Gasteiger partial charge in [-0.1, -0.05) is 26.0 Å². The summed E-state index contributed by atoms with van der Waals surface area (Å²) in [5, 5.41) is 1.03. The summed E-state index contributed by atoms with van der Waals surface area (Å²) in [5.41, 5.74) is 2.75. The molecule has 1 atom stereocenters. The first-order chi connectivity index (χ1) is 17.4. The van der Waals surface area contributed by atoms with Crippen LogP contribution in [0.25, 0.3) is 22.3 Å². The minimum absolute atomic E-state index is 0.0958. The number of carbonyl (C=O) groups is 2. The lowest BCUT2D eigenvalue weighted by molar-refractivity contribution is -0.175. The number of thioether (sulfide) groups is 1. The Bertz CT molecular complexity index is 1430. The van der Waals surface area contributed by atoms with E-state index in [1.807, 2.05) is 25.1 Å². The first-order valence-electron chi connectivity index (χ1n) is 12.2. The van der Waals surface area contributed by atoms with E-state index in [4.69, 9.17) is 19.2 Å². The van der Waals surface area contributed by atoms with Gasteiger partial charge < -0.3 is 18.8 Å². The predicted molar refractivity (Wildman–Crippen MR) is 137 cm³/mol. The van der Waals surface area contributed by atoms with Crippen molar-refractivity contribution in [1.29, 1.82) is 0 Å². The third kappa shape index (κ3) is 3.95. The van der Waals surface area contributed by atoms with Crippen LogP contribution < -0.4 is 5.56 Å². The van der Waals surface area contributed by atoms with Crippen LogP contribution >= 0.6 is 11.8 Å². The molecule has 0 radical (unpaired) electrons. The summed E-state index contributed by atoms with van der Waals surface area (Å²) in [5.74, 6) is 0.893. The third-order valence-electron chi connectivity index (χ3n) is 6.79.